The first-order chi connectivity index (χ1) is 13.6. The van der Waals surface area contributed by atoms with Crippen LogP contribution in [0.25, 0.3) is 27.1 Å². The lowest BCUT2D eigenvalue weighted by Crippen LogP contribution is -2.43. The predicted octanol–water partition coefficient (Wildman–Crippen LogP) is 3.34. The molecule has 0 aliphatic carbocycles. The second kappa shape index (κ2) is 6.84. The van der Waals surface area contributed by atoms with E-state index in [2.05, 4.69) is 15.2 Å². The number of fused-ring (bicyclic) bond motifs is 2. The monoisotopic (exact) mass is 411 g/mol. The van der Waals surface area contributed by atoms with Gasteiger partial charge in [-0.2, -0.15) is 0 Å². The number of thiazole rings is 1. The summed E-state index contributed by atoms with van der Waals surface area (Å²) in [6.07, 6.45) is 1.88. The van der Waals surface area contributed by atoms with E-state index in [-0.39, 0.29) is 5.56 Å². The lowest BCUT2D eigenvalue weighted by molar-refractivity contribution is 0.588. The van der Waals surface area contributed by atoms with Gasteiger partial charge in [0.15, 0.2) is 0 Å². The third-order valence-corrected chi connectivity index (χ3v) is 6.18. The number of hydrogen-bond donors (Lipinski definition) is 1. The van der Waals surface area contributed by atoms with Gasteiger partial charge in [0.05, 0.1) is 26.1 Å². The van der Waals surface area contributed by atoms with E-state index in [0.29, 0.717) is 16.4 Å². The number of nitrogens with one attached hydrogen (secondary N) is 1. The maximum Gasteiger partial charge on any atom is 0.258 e. The van der Waals surface area contributed by atoms with Gasteiger partial charge in [-0.05, 0) is 31.2 Å². The van der Waals surface area contributed by atoms with E-state index < -0.39 is 0 Å². The van der Waals surface area contributed by atoms with Gasteiger partial charge < -0.3 is 10.2 Å². The minimum absolute atomic E-state index is 0.103. The van der Waals surface area contributed by atoms with Crippen LogP contribution in [0.5, 0.6) is 0 Å². The summed E-state index contributed by atoms with van der Waals surface area (Å²) >= 11 is 8.00. The zero-order valence-corrected chi connectivity index (χ0v) is 16.8. The molecule has 3 aromatic heterocycles. The zero-order chi connectivity index (χ0) is 19.3. The topological polar surface area (TPSA) is 62.5 Å². The lowest BCUT2D eigenvalue weighted by Gasteiger charge is -2.29. The first-order valence-electron chi connectivity index (χ1n) is 9.15. The summed E-state index contributed by atoms with van der Waals surface area (Å²) in [6.45, 7) is 5.71. The molecule has 1 saturated heterocycles. The van der Waals surface area contributed by atoms with Gasteiger partial charge in [0.1, 0.15) is 11.2 Å². The van der Waals surface area contributed by atoms with Crippen molar-refractivity contribution in [3.8, 4) is 11.3 Å². The summed E-state index contributed by atoms with van der Waals surface area (Å²) in [7, 11) is 0. The number of benzene rings is 1. The van der Waals surface area contributed by atoms with Crippen LogP contribution in [-0.4, -0.2) is 40.5 Å². The number of piperazine rings is 1. The van der Waals surface area contributed by atoms with E-state index in [1.165, 1.54) is 0 Å². The van der Waals surface area contributed by atoms with Gasteiger partial charge in [-0.1, -0.05) is 11.6 Å². The van der Waals surface area contributed by atoms with Crippen molar-refractivity contribution in [3.63, 3.8) is 0 Å². The fourth-order valence-electron chi connectivity index (χ4n) is 3.60. The Hall–Kier alpha value is -2.48. The first kappa shape index (κ1) is 17.6. The smallest absolute Gasteiger partial charge is 0.258 e. The summed E-state index contributed by atoms with van der Waals surface area (Å²) in [5.41, 5.74) is 3.80. The molecule has 0 amide bonds. The first-order valence-corrected chi connectivity index (χ1v) is 10.3. The molecular weight excluding hydrogens is 394 g/mol. The SMILES string of the molecule is Cc1nc2c(Cl)cc(-c3cc(=O)n4cc(N5CCNCC5)ccc4n3)cc2s1. The highest BCUT2D eigenvalue weighted by atomic mass is 35.5. The number of hydrogen-bond acceptors (Lipinski definition) is 6. The van der Waals surface area contributed by atoms with Crippen LogP contribution in [0.3, 0.4) is 0 Å². The Bertz CT molecular complexity index is 1260. The van der Waals surface area contributed by atoms with Gasteiger partial charge in [0, 0.05) is 44.0 Å². The van der Waals surface area contributed by atoms with Crippen molar-refractivity contribution in [2.45, 2.75) is 6.92 Å². The fraction of sp³-hybridized carbons (Fsp3) is 0.250. The van der Waals surface area contributed by atoms with Gasteiger partial charge in [-0.15, -0.1) is 11.3 Å². The predicted molar refractivity (Wildman–Crippen MR) is 115 cm³/mol. The molecule has 6 nitrogen and oxygen atoms in total. The molecule has 0 spiro atoms. The number of aryl methyl sites for hydroxylation is 1. The number of aromatic nitrogens is 3. The number of halogens is 1. The maximum atomic E-state index is 12.8. The summed E-state index contributed by atoms with van der Waals surface area (Å²) in [5.74, 6) is 0. The Balaban J connectivity index is 1.60. The molecule has 0 atom stereocenters. The fourth-order valence-corrected chi connectivity index (χ4v) is 4.81. The minimum atomic E-state index is -0.103. The van der Waals surface area contributed by atoms with Crippen LogP contribution < -0.4 is 15.8 Å². The van der Waals surface area contributed by atoms with Crippen LogP contribution in [0.4, 0.5) is 5.69 Å². The van der Waals surface area contributed by atoms with Crippen molar-refractivity contribution >= 4 is 44.5 Å². The molecule has 4 heterocycles. The third-order valence-electron chi connectivity index (χ3n) is 4.98. The van der Waals surface area contributed by atoms with E-state index in [0.717, 1.165) is 52.7 Å². The normalized spacial score (nSPS) is 14.9. The molecule has 28 heavy (non-hydrogen) atoms. The highest BCUT2D eigenvalue weighted by Gasteiger charge is 2.14. The van der Waals surface area contributed by atoms with Crippen molar-refractivity contribution in [2.75, 3.05) is 31.1 Å². The van der Waals surface area contributed by atoms with Crippen molar-refractivity contribution < 1.29 is 0 Å². The molecule has 5 rings (SSSR count). The van der Waals surface area contributed by atoms with E-state index >= 15 is 0 Å². The van der Waals surface area contributed by atoms with Crippen LogP contribution in [0.15, 0.2) is 41.3 Å². The molecule has 1 aliphatic rings. The Labute approximate surface area is 170 Å². The Morgan fingerprint density at radius 1 is 1.14 bits per heavy atom. The molecule has 1 aliphatic heterocycles. The van der Waals surface area contributed by atoms with Crippen molar-refractivity contribution in [1.29, 1.82) is 0 Å². The van der Waals surface area contributed by atoms with Crippen LogP contribution in [0.1, 0.15) is 5.01 Å². The largest absolute Gasteiger partial charge is 0.368 e. The standard InChI is InChI=1S/C20H18ClN5OS/c1-12-23-20-15(21)8-13(9-17(20)28-12)16-10-19(27)26-11-14(2-3-18(26)24-16)25-6-4-22-5-7-25/h2-3,8-11,22H,4-7H2,1H3. The number of nitrogens with zero attached hydrogens (tertiary/aromatic N) is 4. The molecule has 8 heteroatoms. The summed E-state index contributed by atoms with van der Waals surface area (Å²) in [6, 6.07) is 9.33. The van der Waals surface area contributed by atoms with Crippen LogP contribution >= 0.6 is 22.9 Å². The van der Waals surface area contributed by atoms with Gasteiger partial charge >= 0.3 is 0 Å². The van der Waals surface area contributed by atoms with Gasteiger partial charge in [-0.3, -0.25) is 9.20 Å². The van der Waals surface area contributed by atoms with Crippen molar-refractivity contribution in [2.24, 2.45) is 0 Å². The molecule has 142 valence electrons. The highest BCUT2D eigenvalue weighted by molar-refractivity contribution is 7.18. The molecule has 0 saturated carbocycles. The molecule has 1 N–H and O–H groups in total. The van der Waals surface area contributed by atoms with E-state index in [1.54, 1.807) is 21.8 Å². The van der Waals surface area contributed by atoms with Crippen LogP contribution in [-0.2, 0) is 0 Å². The molecule has 4 aromatic rings. The summed E-state index contributed by atoms with van der Waals surface area (Å²) < 4.78 is 2.61. The molecule has 1 fully saturated rings. The maximum absolute atomic E-state index is 12.8. The Morgan fingerprint density at radius 2 is 1.96 bits per heavy atom. The zero-order valence-electron chi connectivity index (χ0n) is 15.3. The third kappa shape index (κ3) is 3.05. The number of rotatable bonds is 2. The molecule has 1 aromatic carbocycles. The summed E-state index contributed by atoms with van der Waals surface area (Å²) in [5, 5.41) is 4.88. The highest BCUT2D eigenvalue weighted by Crippen LogP contribution is 2.33. The molecule has 0 radical (unpaired) electrons. The van der Waals surface area contributed by atoms with Crippen molar-refractivity contribution in [1.82, 2.24) is 19.7 Å². The van der Waals surface area contributed by atoms with E-state index in [1.807, 2.05) is 37.4 Å². The van der Waals surface area contributed by atoms with Gasteiger partial charge in [0.2, 0.25) is 0 Å². The second-order valence-electron chi connectivity index (χ2n) is 6.87. The van der Waals surface area contributed by atoms with Gasteiger partial charge in [0.25, 0.3) is 5.56 Å². The van der Waals surface area contributed by atoms with Crippen LogP contribution in [0, 0.1) is 6.92 Å². The Morgan fingerprint density at radius 3 is 2.79 bits per heavy atom. The van der Waals surface area contributed by atoms with Crippen molar-refractivity contribution in [3.05, 3.63) is 56.9 Å². The molecule has 0 bridgehead atoms. The quantitative estimate of drug-likeness (QED) is 0.548. The molecule has 0 unspecified atom stereocenters. The average Bonchev–Trinajstić information content (AvgIpc) is 3.09. The molecular formula is C20H18ClN5OS. The van der Waals surface area contributed by atoms with E-state index in [4.69, 9.17) is 16.6 Å². The summed E-state index contributed by atoms with van der Waals surface area (Å²) in [4.78, 5) is 24.2. The van der Waals surface area contributed by atoms with E-state index in [9.17, 15) is 4.79 Å². The van der Waals surface area contributed by atoms with Gasteiger partial charge in [-0.25, -0.2) is 9.97 Å². The Kier molecular flexibility index (Phi) is 4.30. The average molecular weight is 412 g/mol. The lowest BCUT2D eigenvalue weighted by atomic mass is 10.1. The van der Waals surface area contributed by atoms with Crippen LogP contribution in [0.2, 0.25) is 5.02 Å². The number of anilines is 1. The minimum Gasteiger partial charge on any atom is -0.368 e. The second-order valence-corrected chi connectivity index (χ2v) is 8.51. The number of pyridine rings is 1.